The van der Waals surface area contributed by atoms with Crippen molar-refractivity contribution in [2.24, 2.45) is 0 Å². The van der Waals surface area contributed by atoms with Gasteiger partial charge < -0.3 is 29.2 Å². The monoisotopic (exact) mass is 452 g/mol. The van der Waals surface area contributed by atoms with Crippen molar-refractivity contribution in [2.75, 3.05) is 32.6 Å². The summed E-state index contributed by atoms with van der Waals surface area (Å²) in [6.45, 7) is 6.31. The number of carbonyl (C=O) groups excluding carboxylic acids is 3. The first-order valence-electron chi connectivity index (χ1n) is 10.1. The lowest BCUT2D eigenvalue weighted by Gasteiger charge is -2.33. The third-order valence-electron chi connectivity index (χ3n) is 4.47. The first kappa shape index (κ1) is 25.0. The molecular weight excluding hydrogens is 423 g/mol. The number of benzene rings is 1. The molecular formula is C22H29FN2O7. The van der Waals surface area contributed by atoms with E-state index >= 15 is 0 Å². The van der Waals surface area contributed by atoms with E-state index in [1.807, 2.05) is 0 Å². The van der Waals surface area contributed by atoms with E-state index in [2.05, 4.69) is 14.8 Å². The molecule has 9 nitrogen and oxygen atoms in total. The Bertz CT molecular complexity index is 872. The zero-order chi connectivity index (χ0) is 23.9. The van der Waals surface area contributed by atoms with Crippen LogP contribution in [0.1, 0.15) is 33.6 Å². The van der Waals surface area contributed by atoms with Gasteiger partial charge >= 0.3 is 18.0 Å². The van der Waals surface area contributed by atoms with Gasteiger partial charge in [0.15, 0.2) is 11.6 Å². The Morgan fingerprint density at radius 1 is 1.12 bits per heavy atom. The molecule has 0 radical (unpaired) electrons. The number of hydrogen-bond acceptors (Lipinski definition) is 8. The number of anilines is 1. The molecule has 0 unspecified atom stereocenters. The molecule has 0 spiro atoms. The van der Waals surface area contributed by atoms with E-state index in [0.717, 1.165) is 26.4 Å². The number of nitrogens with zero attached hydrogens (tertiary/aromatic N) is 1. The van der Waals surface area contributed by atoms with Gasteiger partial charge in [0.05, 0.1) is 20.3 Å². The van der Waals surface area contributed by atoms with Crippen LogP contribution in [0.25, 0.3) is 0 Å². The SMILES string of the molecule is COC(=O)/C=C(/Nc1ccc(OC2CCN(C(=O)OC(C)(C)C)CC2)c(F)c1)C(=O)OC. The molecule has 1 amide bonds. The molecule has 0 aromatic heterocycles. The Morgan fingerprint density at radius 3 is 2.31 bits per heavy atom. The predicted molar refractivity (Wildman–Crippen MR) is 114 cm³/mol. The Balaban J connectivity index is 1.98. The Morgan fingerprint density at radius 2 is 1.78 bits per heavy atom. The molecule has 1 aromatic carbocycles. The Hall–Kier alpha value is -3.30. The molecule has 32 heavy (non-hydrogen) atoms. The van der Waals surface area contributed by atoms with Gasteiger partial charge in [0.2, 0.25) is 0 Å². The van der Waals surface area contributed by atoms with Crippen LogP contribution in [-0.4, -0.2) is 61.9 Å². The molecule has 0 atom stereocenters. The van der Waals surface area contributed by atoms with Crippen LogP contribution in [0.2, 0.25) is 0 Å². The molecule has 1 aliphatic heterocycles. The number of rotatable bonds is 6. The molecule has 1 fully saturated rings. The van der Waals surface area contributed by atoms with Gasteiger partial charge in [-0.25, -0.2) is 18.8 Å². The molecule has 0 saturated carbocycles. The summed E-state index contributed by atoms with van der Waals surface area (Å²) in [4.78, 5) is 37.0. The first-order chi connectivity index (χ1) is 15.0. The third kappa shape index (κ3) is 7.44. The summed E-state index contributed by atoms with van der Waals surface area (Å²) >= 11 is 0. The summed E-state index contributed by atoms with van der Waals surface area (Å²) in [6, 6.07) is 4.06. The topological polar surface area (TPSA) is 103 Å². The number of nitrogens with one attached hydrogen (secondary N) is 1. The lowest BCUT2D eigenvalue weighted by molar-refractivity contribution is -0.138. The first-order valence-corrected chi connectivity index (χ1v) is 10.1. The number of amides is 1. The van der Waals surface area contributed by atoms with Gasteiger partial charge in [-0.1, -0.05) is 0 Å². The smallest absolute Gasteiger partial charge is 0.410 e. The van der Waals surface area contributed by atoms with Crippen LogP contribution < -0.4 is 10.1 Å². The van der Waals surface area contributed by atoms with Crippen molar-refractivity contribution in [3.8, 4) is 5.75 Å². The molecule has 0 aliphatic carbocycles. The highest BCUT2D eigenvalue weighted by Gasteiger charge is 2.28. The standard InChI is InChI=1S/C22H29FN2O7/c1-22(2,3)32-21(28)25-10-8-15(9-11-25)31-18-7-6-14(12-16(18)23)24-17(20(27)30-5)13-19(26)29-4/h6-7,12-13,15,24H,8-11H2,1-5H3/b17-13+. The number of halogens is 1. The van der Waals surface area contributed by atoms with Crippen molar-refractivity contribution >= 4 is 23.7 Å². The molecule has 10 heteroatoms. The maximum absolute atomic E-state index is 14.6. The summed E-state index contributed by atoms with van der Waals surface area (Å²) in [7, 11) is 2.32. The van der Waals surface area contributed by atoms with Gasteiger partial charge in [0.25, 0.3) is 0 Å². The van der Waals surface area contributed by atoms with E-state index in [4.69, 9.17) is 9.47 Å². The largest absolute Gasteiger partial charge is 0.487 e. The molecule has 2 rings (SSSR count). The normalized spacial score (nSPS) is 15.1. The van der Waals surface area contributed by atoms with E-state index in [1.165, 1.54) is 12.1 Å². The summed E-state index contributed by atoms with van der Waals surface area (Å²) in [6.07, 6.45) is 1.35. The fraction of sp³-hybridized carbons (Fsp3) is 0.500. The van der Waals surface area contributed by atoms with Crippen LogP contribution in [0.5, 0.6) is 5.75 Å². The summed E-state index contributed by atoms with van der Waals surface area (Å²) < 4.78 is 34.8. The fourth-order valence-electron chi connectivity index (χ4n) is 2.92. The average Bonchev–Trinajstić information content (AvgIpc) is 2.73. The minimum Gasteiger partial charge on any atom is -0.487 e. The quantitative estimate of drug-likeness (QED) is 0.399. The Labute approximate surface area is 186 Å². The Kier molecular flexibility index (Phi) is 8.45. The van der Waals surface area contributed by atoms with Gasteiger partial charge in [0, 0.05) is 37.7 Å². The molecule has 1 saturated heterocycles. The van der Waals surface area contributed by atoms with E-state index in [0.29, 0.717) is 25.9 Å². The van der Waals surface area contributed by atoms with Crippen LogP contribution >= 0.6 is 0 Å². The second-order valence-electron chi connectivity index (χ2n) is 8.13. The number of hydrogen-bond donors (Lipinski definition) is 1. The van der Waals surface area contributed by atoms with Crippen molar-refractivity contribution in [2.45, 2.75) is 45.3 Å². The number of likely N-dealkylation sites (tertiary alicyclic amines) is 1. The molecule has 176 valence electrons. The number of esters is 2. The zero-order valence-electron chi connectivity index (χ0n) is 18.9. The van der Waals surface area contributed by atoms with Crippen molar-refractivity contribution in [1.82, 2.24) is 4.90 Å². The van der Waals surface area contributed by atoms with E-state index in [-0.39, 0.29) is 29.3 Å². The maximum Gasteiger partial charge on any atom is 0.410 e. The van der Waals surface area contributed by atoms with Gasteiger partial charge in [-0.3, -0.25) is 0 Å². The molecule has 1 N–H and O–H groups in total. The van der Waals surface area contributed by atoms with Crippen molar-refractivity contribution in [3.05, 3.63) is 35.8 Å². The van der Waals surface area contributed by atoms with Crippen LogP contribution in [0.3, 0.4) is 0 Å². The molecule has 0 bridgehead atoms. The highest BCUT2D eigenvalue weighted by Crippen LogP contribution is 2.26. The van der Waals surface area contributed by atoms with Gasteiger partial charge in [0.1, 0.15) is 17.4 Å². The minimum atomic E-state index is -0.812. The van der Waals surface area contributed by atoms with Crippen molar-refractivity contribution < 1.29 is 37.7 Å². The van der Waals surface area contributed by atoms with Crippen LogP contribution in [0, 0.1) is 5.82 Å². The van der Waals surface area contributed by atoms with Crippen LogP contribution in [-0.2, 0) is 23.8 Å². The second kappa shape index (κ2) is 10.8. The van der Waals surface area contributed by atoms with Gasteiger partial charge in [-0.15, -0.1) is 0 Å². The minimum absolute atomic E-state index is 0.0443. The van der Waals surface area contributed by atoms with E-state index < -0.39 is 23.4 Å². The fourth-order valence-corrected chi connectivity index (χ4v) is 2.92. The predicted octanol–water partition coefficient (Wildman–Crippen LogP) is 3.25. The average molecular weight is 452 g/mol. The van der Waals surface area contributed by atoms with Gasteiger partial charge in [-0.05, 0) is 32.9 Å². The molecule has 1 aliphatic rings. The maximum atomic E-state index is 14.6. The van der Waals surface area contributed by atoms with Crippen molar-refractivity contribution in [3.63, 3.8) is 0 Å². The van der Waals surface area contributed by atoms with Crippen LogP contribution in [0.4, 0.5) is 14.9 Å². The lowest BCUT2D eigenvalue weighted by atomic mass is 10.1. The van der Waals surface area contributed by atoms with Crippen molar-refractivity contribution in [1.29, 1.82) is 0 Å². The zero-order valence-corrected chi connectivity index (χ0v) is 18.9. The number of ether oxygens (including phenoxy) is 4. The summed E-state index contributed by atoms with van der Waals surface area (Å²) in [5.41, 5.74) is -0.555. The highest BCUT2D eigenvalue weighted by atomic mass is 19.1. The highest BCUT2D eigenvalue weighted by molar-refractivity contribution is 5.98. The second-order valence-corrected chi connectivity index (χ2v) is 8.13. The van der Waals surface area contributed by atoms with E-state index in [1.54, 1.807) is 25.7 Å². The van der Waals surface area contributed by atoms with E-state index in [9.17, 15) is 18.8 Å². The van der Waals surface area contributed by atoms with Crippen LogP contribution in [0.15, 0.2) is 30.0 Å². The molecule has 1 heterocycles. The summed E-state index contributed by atoms with van der Waals surface area (Å²) in [5.74, 6) is -2.18. The third-order valence-corrected chi connectivity index (χ3v) is 4.47. The number of carbonyl (C=O) groups is 3. The van der Waals surface area contributed by atoms with Gasteiger partial charge in [-0.2, -0.15) is 0 Å². The summed E-state index contributed by atoms with van der Waals surface area (Å²) in [5, 5.41) is 2.64. The lowest BCUT2D eigenvalue weighted by Crippen LogP contribution is -2.44. The number of piperidine rings is 1. The molecule has 1 aromatic rings. The number of methoxy groups -OCH3 is 2.